The quantitative estimate of drug-likeness (QED) is 0.514. The van der Waals surface area contributed by atoms with E-state index in [1.165, 1.54) is 12.3 Å². The lowest BCUT2D eigenvalue weighted by Crippen LogP contribution is -2.42. The molecule has 0 aliphatic carbocycles. The van der Waals surface area contributed by atoms with Crippen molar-refractivity contribution < 1.29 is 19.6 Å². The van der Waals surface area contributed by atoms with Crippen LogP contribution in [0.15, 0.2) is 54.7 Å². The van der Waals surface area contributed by atoms with Crippen LogP contribution in [0.25, 0.3) is 0 Å². The van der Waals surface area contributed by atoms with Gasteiger partial charge in [-0.2, -0.15) is 0 Å². The summed E-state index contributed by atoms with van der Waals surface area (Å²) in [5.74, 6) is 0. The number of nitro groups is 1. The Kier molecular flexibility index (Phi) is 4.13. The Labute approximate surface area is 120 Å². The standard InChI is InChI=1S/C14H12N2O5/c17-13(18)21-10-14(16(19)20,11-6-2-1-3-7-11)12-8-4-5-9-15-12/h1-9H,10H2,(H,17,18). The van der Waals surface area contributed by atoms with Gasteiger partial charge < -0.3 is 9.84 Å². The van der Waals surface area contributed by atoms with E-state index in [2.05, 4.69) is 9.72 Å². The summed E-state index contributed by atoms with van der Waals surface area (Å²) < 4.78 is 4.51. The van der Waals surface area contributed by atoms with Crippen molar-refractivity contribution in [1.82, 2.24) is 4.98 Å². The molecule has 1 aromatic heterocycles. The number of hydrogen-bond donors (Lipinski definition) is 1. The predicted molar refractivity (Wildman–Crippen MR) is 72.4 cm³/mol. The van der Waals surface area contributed by atoms with Crippen molar-refractivity contribution in [3.8, 4) is 0 Å². The van der Waals surface area contributed by atoms with Crippen molar-refractivity contribution in [2.75, 3.05) is 6.61 Å². The zero-order chi connectivity index (χ0) is 15.3. The van der Waals surface area contributed by atoms with E-state index >= 15 is 0 Å². The second-order valence-electron chi connectivity index (χ2n) is 4.25. The summed E-state index contributed by atoms with van der Waals surface area (Å²) in [4.78, 5) is 25.8. The van der Waals surface area contributed by atoms with E-state index in [0.29, 0.717) is 5.56 Å². The summed E-state index contributed by atoms with van der Waals surface area (Å²) in [5.41, 5.74) is -1.46. The minimum Gasteiger partial charge on any atom is -0.450 e. The molecule has 2 aromatic rings. The minimum absolute atomic E-state index is 0.113. The highest BCUT2D eigenvalue weighted by Crippen LogP contribution is 2.32. The first-order valence-electron chi connectivity index (χ1n) is 6.04. The largest absolute Gasteiger partial charge is 0.506 e. The lowest BCUT2D eigenvalue weighted by Gasteiger charge is -2.24. The molecule has 21 heavy (non-hydrogen) atoms. The number of hydrogen-bond acceptors (Lipinski definition) is 5. The van der Waals surface area contributed by atoms with Gasteiger partial charge in [0, 0.05) is 16.7 Å². The Morgan fingerprint density at radius 2 is 1.90 bits per heavy atom. The summed E-state index contributed by atoms with van der Waals surface area (Å²) in [6, 6.07) is 12.8. The Morgan fingerprint density at radius 3 is 2.43 bits per heavy atom. The molecule has 0 saturated heterocycles. The molecule has 1 atom stereocenters. The minimum atomic E-state index is -1.87. The first kappa shape index (κ1) is 14.4. The first-order valence-corrected chi connectivity index (χ1v) is 6.04. The monoisotopic (exact) mass is 288 g/mol. The van der Waals surface area contributed by atoms with Crippen LogP contribution in [0.2, 0.25) is 0 Å². The molecule has 0 bridgehead atoms. The Balaban J connectivity index is 2.60. The van der Waals surface area contributed by atoms with Gasteiger partial charge in [0.05, 0.1) is 0 Å². The highest BCUT2D eigenvalue weighted by Gasteiger charge is 2.50. The number of pyridine rings is 1. The van der Waals surface area contributed by atoms with Gasteiger partial charge in [0.25, 0.3) is 0 Å². The van der Waals surface area contributed by atoms with Crippen molar-refractivity contribution >= 4 is 6.16 Å². The van der Waals surface area contributed by atoms with Crippen molar-refractivity contribution in [3.05, 3.63) is 76.1 Å². The van der Waals surface area contributed by atoms with Crippen LogP contribution in [0.3, 0.4) is 0 Å². The maximum atomic E-state index is 11.7. The molecule has 0 saturated carbocycles. The molecule has 0 fully saturated rings. The summed E-state index contributed by atoms with van der Waals surface area (Å²) in [7, 11) is 0. The second-order valence-corrected chi connectivity index (χ2v) is 4.25. The van der Waals surface area contributed by atoms with E-state index in [-0.39, 0.29) is 5.69 Å². The van der Waals surface area contributed by atoms with E-state index in [9.17, 15) is 14.9 Å². The maximum absolute atomic E-state index is 11.7. The number of benzene rings is 1. The highest BCUT2D eigenvalue weighted by molar-refractivity contribution is 5.57. The predicted octanol–water partition coefficient (Wildman–Crippen LogP) is 2.30. The first-order chi connectivity index (χ1) is 10.1. The Hall–Kier alpha value is -2.96. The molecule has 1 aromatic carbocycles. The zero-order valence-electron chi connectivity index (χ0n) is 10.9. The Bertz CT molecular complexity index is 591. The average molecular weight is 288 g/mol. The van der Waals surface area contributed by atoms with Crippen molar-refractivity contribution in [1.29, 1.82) is 0 Å². The zero-order valence-corrected chi connectivity index (χ0v) is 10.9. The molecule has 1 heterocycles. The molecule has 1 N–H and O–H groups in total. The van der Waals surface area contributed by atoms with Crippen molar-refractivity contribution in [2.45, 2.75) is 5.54 Å². The van der Waals surface area contributed by atoms with Crippen LogP contribution in [0.4, 0.5) is 4.79 Å². The fourth-order valence-electron chi connectivity index (χ4n) is 2.04. The van der Waals surface area contributed by atoms with Crippen LogP contribution >= 0.6 is 0 Å². The number of carbonyl (C=O) groups is 1. The van der Waals surface area contributed by atoms with E-state index in [1.54, 1.807) is 42.5 Å². The van der Waals surface area contributed by atoms with Gasteiger partial charge in [0.15, 0.2) is 6.61 Å². The van der Waals surface area contributed by atoms with Crippen LogP contribution in [-0.2, 0) is 10.3 Å². The molecule has 0 aliphatic rings. The average Bonchev–Trinajstić information content (AvgIpc) is 2.49. The normalized spacial score (nSPS) is 13.1. The van der Waals surface area contributed by atoms with E-state index in [0.717, 1.165) is 0 Å². The summed E-state index contributed by atoms with van der Waals surface area (Å²) in [5, 5.41) is 20.4. The van der Waals surface area contributed by atoms with Gasteiger partial charge in [-0.15, -0.1) is 0 Å². The molecule has 108 valence electrons. The lowest BCUT2D eigenvalue weighted by molar-refractivity contribution is -0.570. The van der Waals surface area contributed by atoms with Crippen LogP contribution in [0.5, 0.6) is 0 Å². The SMILES string of the molecule is O=C(O)OCC(c1ccccc1)(c1ccccn1)[N+](=O)[O-]. The van der Waals surface area contributed by atoms with Crippen molar-refractivity contribution in [3.63, 3.8) is 0 Å². The number of rotatable bonds is 5. The number of ether oxygens (including phenoxy) is 1. The van der Waals surface area contributed by atoms with Gasteiger partial charge in [0.2, 0.25) is 0 Å². The summed E-state index contributed by atoms with van der Waals surface area (Å²) in [6.45, 7) is -0.656. The van der Waals surface area contributed by atoms with E-state index < -0.39 is 23.2 Å². The third-order valence-corrected chi connectivity index (χ3v) is 3.06. The topological polar surface area (TPSA) is 103 Å². The summed E-state index contributed by atoms with van der Waals surface area (Å²) >= 11 is 0. The van der Waals surface area contributed by atoms with Crippen LogP contribution in [0, 0.1) is 10.1 Å². The molecule has 7 nitrogen and oxygen atoms in total. The fourth-order valence-corrected chi connectivity index (χ4v) is 2.04. The van der Waals surface area contributed by atoms with E-state index in [4.69, 9.17) is 5.11 Å². The third kappa shape index (κ3) is 2.81. The van der Waals surface area contributed by atoms with Gasteiger partial charge in [-0.3, -0.25) is 15.1 Å². The smallest absolute Gasteiger partial charge is 0.450 e. The maximum Gasteiger partial charge on any atom is 0.506 e. The number of carboxylic acid groups (broad SMARTS) is 1. The second kappa shape index (κ2) is 6.00. The molecule has 0 aliphatic heterocycles. The van der Waals surface area contributed by atoms with Crippen LogP contribution < -0.4 is 0 Å². The van der Waals surface area contributed by atoms with Gasteiger partial charge >= 0.3 is 11.7 Å². The fraction of sp³-hybridized carbons (Fsp3) is 0.143. The molecular formula is C14H12N2O5. The van der Waals surface area contributed by atoms with E-state index in [1.807, 2.05) is 0 Å². The molecule has 0 spiro atoms. The number of aromatic nitrogens is 1. The molecule has 2 rings (SSSR count). The summed E-state index contributed by atoms with van der Waals surface area (Å²) in [6.07, 6.45) is -0.162. The molecular weight excluding hydrogens is 276 g/mol. The molecule has 7 heteroatoms. The van der Waals surface area contributed by atoms with Crippen LogP contribution in [0.1, 0.15) is 11.3 Å². The molecule has 0 amide bonds. The van der Waals surface area contributed by atoms with Gasteiger partial charge in [0.1, 0.15) is 5.69 Å². The Morgan fingerprint density at radius 1 is 1.24 bits per heavy atom. The molecule has 1 unspecified atom stereocenters. The van der Waals surface area contributed by atoms with Crippen LogP contribution in [-0.4, -0.2) is 27.8 Å². The third-order valence-electron chi connectivity index (χ3n) is 3.06. The van der Waals surface area contributed by atoms with Crippen molar-refractivity contribution in [2.24, 2.45) is 0 Å². The highest BCUT2D eigenvalue weighted by atomic mass is 16.7. The number of nitrogens with zero attached hydrogens (tertiary/aromatic N) is 2. The van der Waals surface area contributed by atoms with Gasteiger partial charge in [-0.25, -0.2) is 4.79 Å². The lowest BCUT2D eigenvalue weighted by atomic mass is 9.87. The molecule has 0 radical (unpaired) electrons. The van der Waals surface area contributed by atoms with Gasteiger partial charge in [-0.05, 0) is 12.1 Å². The van der Waals surface area contributed by atoms with Gasteiger partial charge in [-0.1, -0.05) is 36.4 Å².